The monoisotopic (exact) mass is 386 g/mol. The Hall–Kier alpha value is -2.67. The van der Waals surface area contributed by atoms with E-state index >= 15 is 0 Å². The molecule has 28 heavy (non-hydrogen) atoms. The van der Waals surface area contributed by atoms with E-state index in [4.69, 9.17) is 19.6 Å². The summed E-state index contributed by atoms with van der Waals surface area (Å²) in [6.45, 7) is 3.29. The molecular formula is C21H30N4O3. The summed E-state index contributed by atoms with van der Waals surface area (Å²) in [4.78, 5) is 6.92. The van der Waals surface area contributed by atoms with Crippen molar-refractivity contribution >= 4 is 5.96 Å². The number of furan rings is 1. The van der Waals surface area contributed by atoms with Crippen LogP contribution in [-0.4, -0.2) is 44.7 Å². The fraction of sp³-hybridized carbons (Fsp3) is 0.476. The van der Waals surface area contributed by atoms with E-state index in [9.17, 15) is 0 Å². The van der Waals surface area contributed by atoms with E-state index in [0.717, 1.165) is 24.4 Å². The van der Waals surface area contributed by atoms with Crippen molar-refractivity contribution in [1.29, 1.82) is 0 Å². The molecule has 0 amide bonds. The van der Waals surface area contributed by atoms with E-state index in [0.29, 0.717) is 30.5 Å². The predicted molar refractivity (Wildman–Crippen MR) is 110 cm³/mol. The van der Waals surface area contributed by atoms with Crippen LogP contribution < -0.4 is 20.5 Å². The maximum absolute atomic E-state index is 6.11. The van der Waals surface area contributed by atoms with Gasteiger partial charge >= 0.3 is 0 Å². The Morgan fingerprint density at radius 2 is 1.96 bits per heavy atom. The van der Waals surface area contributed by atoms with Gasteiger partial charge in [-0.3, -0.25) is 4.90 Å². The summed E-state index contributed by atoms with van der Waals surface area (Å²) >= 11 is 0. The number of nitrogens with zero attached hydrogens (tertiary/aromatic N) is 2. The van der Waals surface area contributed by atoms with Crippen LogP contribution in [0.15, 0.2) is 46.0 Å². The lowest BCUT2D eigenvalue weighted by Crippen LogP contribution is -2.42. The number of benzene rings is 1. The first-order chi connectivity index (χ1) is 13.7. The zero-order chi connectivity index (χ0) is 19.8. The van der Waals surface area contributed by atoms with Gasteiger partial charge in [0.15, 0.2) is 17.5 Å². The van der Waals surface area contributed by atoms with Gasteiger partial charge in [-0.15, -0.1) is 0 Å². The van der Waals surface area contributed by atoms with Gasteiger partial charge in [0.2, 0.25) is 0 Å². The van der Waals surface area contributed by atoms with Crippen molar-refractivity contribution in [2.24, 2.45) is 10.7 Å². The lowest BCUT2D eigenvalue weighted by atomic mass is 10.1. The highest BCUT2D eigenvalue weighted by Gasteiger charge is 2.24. The summed E-state index contributed by atoms with van der Waals surface area (Å²) in [7, 11) is 3.24. The van der Waals surface area contributed by atoms with Crippen molar-refractivity contribution in [3.8, 4) is 11.5 Å². The van der Waals surface area contributed by atoms with Gasteiger partial charge in [0.05, 0.1) is 33.1 Å². The molecule has 1 atom stereocenters. The van der Waals surface area contributed by atoms with Gasteiger partial charge in [-0.1, -0.05) is 12.5 Å². The normalized spacial score (nSPS) is 16.6. The van der Waals surface area contributed by atoms with Crippen LogP contribution in [0.3, 0.4) is 0 Å². The Kier molecular flexibility index (Phi) is 7.19. The van der Waals surface area contributed by atoms with Crippen LogP contribution in [0.5, 0.6) is 11.5 Å². The van der Waals surface area contributed by atoms with Gasteiger partial charge in [0.25, 0.3) is 0 Å². The van der Waals surface area contributed by atoms with E-state index in [2.05, 4.69) is 15.2 Å². The number of nitrogens with two attached hydrogens (primary N) is 1. The third-order valence-corrected chi connectivity index (χ3v) is 5.06. The number of guanidine groups is 1. The first-order valence-corrected chi connectivity index (χ1v) is 9.73. The zero-order valence-electron chi connectivity index (χ0n) is 16.7. The Morgan fingerprint density at radius 3 is 2.64 bits per heavy atom. The molecule has 0 spiro atoms. The maximum Gasteiger partial charge on any atom is 0.188 e. The molecule has 1 unspecified atom stereocenters. The molecule has 2 aromatic rings. The van der Waals surface area contributed by atoms with Crippen molar-refractivity contribution in [1.82, 2.24) is 10.2 Å². The molecule has 3 rings (SSSR count). The largest absolute Gasteiger partial charge is 0.493 e. The molecule has 0 saturated carbocycles. The average Bonchev–Trinajstić information content (AvgIpc) is 3.27. The fourth-order valence-corrected chi connectivity index (χ4v) is 3.53. The number of piperidine rings is 1. The highest BCUT2D eigenvalue weighted by Crippen LogP contribution is 2.28. The highest BCUT2D eigenvalue weighted by atomic mass is 16.5. The number of methoxy groups -OCH3 is 2. The lowest BCUT2D eigenvalue weighted by molar-refractivity contribution is 0.146. The molecule has 1 aliphatic rings. The predicted octanol–water partition coefficient (Wildman–Crippen LogP) is 2.93. The third kappa shape index (κ3) is 5.19. The second-order valence-corrected chi connectivity index (χ2v) is 6.90. The minimum atomic E-state index is 0.158. The first kappa shape index (κ1) is 20.1. The molecule has 7 heteroatoms. The number of rotatable bonds is 8. The van der Waals surface area contributed by atoms with Gasteiger partial charge < -0.3 is 24.9 Å². The van der Waals surface area contributed by atoms with Crippen molar-refractivity contribution in [3.63, 3.8) is 0 Å². The summed E-state index contributed by atoms with van der Waals surface area (Å²) in [5, 5.41) is 3.26. The Balaban J connectivity index is 1.60. The summed E-state index contributed by atoms with van der Waals surface area (Å²) in [6.07, 6.45) is 5.46. The molecule has 3 N–H and O–H groups in total. The summed E-state index contributed by atoms with van der Waals surface area (Å²) in [5.74, 6) is 2.76. The van der Waals surface area contributed by atoms with Crippen LogP contribution in [-0.2, 0) is 6.54 Å². The Labute approximate surface area is 166 Å². The lowest BCUT2D eigenvalue weighted by Gasteiger charge is -2.33. The van der Waals surface area contributed by atoms with E-state index in [1.165, 1.54) is 19.3 Å². The van der Waals surface area contributed by atoms with Gasteiger partial charge in [-0.2, -0.15) is 0 Å². The molecule has 0 aliphatic carbocycles. The van der Waals surface area contributed by atoms with E-state index in [1.54, 1.807) is 20.5 Å². The molecule has 1 fully saturated rings. The quantitative estimate of drug-likeness (QED) is 0.536. The van der Waals surface area contributed by atoms with Crippen LogP contribution in [0.1, 0.15) is 36.6 Å². The number of nitrogens with one attached hydrogen (secondary N) is 1. The van der Waals surface area contributed by atoms with Crippen molar-refractivity contribution < 1.29 is 13.9 Å². The third-order valence-electron chi connectivity index (χ3n) is 5.06. The Morgan fingerprint density at radius 1 is 1.18 bits per heavy atom. The molecule has 2 heterocycles. The molecule has 0 radical (unpaired) electrons. The molecule has 1 saturated heterocycles. The van der Waals surface area contributed by atoms with Crippen LogP contribution in [0.25, 0.3) is 0 Å². The van der Waals surface area contributed by atoms with Crippen molar-refractivity contribution in [2.75, 3.05) is 33.9 Å². The van der Waals surface area contributed by atoms with Gasteiger partial charge in [0.1, 0.15) is 5.76 Å². The maximum atomic E-state index is 6.11. The molecule has 152 valence electrons. The van der Waals surface area contributed by atoms with Crippen molar-refractivity contribution in [3.05, 3.63) is 47.9 Å². The number of hydrogen-bond acceptors (Lipinski definition) is 5. The first-order valence-electron chi connectivity index (χ1n) is 9.73. The standard InChI is InChI=1S/C21H30N4O3/c1-26-19-9-8-16(13-20(19)27-2)14-23-21(22)24-15-17(18-7-6-12-28-18)25-10-4-3-5-11-25/h6-9,12-13,17H,3-5,10-11,14-15H2,1-2H3,(H3,22,23,24). The number of ether oxygens (including phenoxy) is 2. The average molecular weight is 386 g/mol. The summed E-state index contributed by atoms with van der Waals surface area (Å²) in [6, 6.07) is 9.85. The topological polar surface area (TPSA) is 85.2 Å². The van der Waals surface area contributed by atoms with Crippen LogP contribution in [0.2, 0.25) is 0 Å². The second kappa shape index (κ2) is 10.0. The van der Waals surface area contributed by atoms with Crippen LogP contribution >= 0.6 is 0 Å². The van der Waals surface area contributed by atoms with Crippen LogP contribution in [0.4, 0.5) is 0 Å². The number of hydrogen-bond donors (Lipinski definition) is 2. The zero-order valence-corrected chi connectivity index (χ0v) is 16.7. The van der Waals surface area contributed by atoms with E-state index in [1.807, 2.05) is 30.3 Å². The second-order valence-electron chi connectivity index (χ2n) is 6.90. The molecule has 1 aromatic carbocycles. The van der Waals surface area contributed by atoms with Crippen molar-refractivity contribution in [2.45, 2.75) is 31.8 Å². The molecular weight excluding hydrogens is 356 g/mol. The van der Waals surface area contributed by atoms with Crippen LogP contribution in [0, 0.1) is 0 Å². The van der Waals surface area contributed by atoms with E-state index < -0.39 is 0 Å². The number of likely N-dealkylation sites (tertiary alicyclic amines) is 1. The van der Waals surface area contributed by atoms with Gasteiger partial charge in [0, 0.05) is 6.54 Å². The number of aliphatic imine (C=N–C) groups is 1. The summed E-state index contributed by atoms with van der Waals surface area (Å²) in [5.41, 5.74) is 7.11. The fourth-order valence-electron chi connectivity index (χ4n) is 3.53. The Bertz CT molecular complexity index is 755. The van der Waals surface area contributed by atoms with Gasteiger partial charge in [-0.05, 0) is 55.8 Å². The highest BCUT2D eigenvalue weighted by molar-refractivity contribution is 5.77. The molecule has 1 aromatic heterocycles. The molecule has 7 nitrogen and oxygen atoms in total. The summed E-state index contributed by atoms with van der Waals surface area (Å²) < 4.78 is 16.3. The molecule has 1 aliphatic heterocycles. The molecule has 0 bridgehead atoms. The van der Waals surface area contributed by atoms with Gasteiger partial charge in [-0.25, -0.2) is 4.99 Å². The SMILES string of the molecule is COc1ccc(CN=C(N)NCC(c2ccco2)N2CCCCC2)cc1OC. The minimum absolute atomic E-state index is 0.158. The van der Waals surface area contributed by atoms with E-state index in [-0.39, 0.29) is 6.04 Å². The minimum Gasteiger partial charge on any atom is -0.493 e. The smallest absolute Gasteiger partial charge is 0.188 e.